The monoisotopic (exact) mass is 517 g/mol. The second kappa shape index (κ2) is 32.2. The van der Waals surface area contributed by atoms with Gasteiger partial charge in [0, 0.05) is 12.4 Å². The molecule has 184 valence electrons. The van der Waals surface area contributed by atoms with Gasteiger partial charge in [0.1, 0.15) is 0 Å². The Morgan fingerprint density at radius 3 is 1.15 bits per heavy atom. The maximum absolute atomic E-state index is 10.8. The molecule has 0 aliphatic heterocycles. The fraction of sp³-hybridized carbons (Fsp3) is 0.923. The van der Waals surface area contributed by atoms with Crippen molar-refractivity contribution < 1.29 is 123 Å². The van der Waals surface area contributed by atoms with Crippen LogP contribution in [0.3, 0.4) is 0 Å². The van der Waals surface area contributed by atoms with Crippen molar-refractivity contribution in [1.29, 1.82) is 0 Å². The predicted octanol–water partition coefficient (Wildman–Crippen LogP) is -1.34. The van der Waals surface area contributed by atoms with Crippen LogP contribution in [0, 0.1) is 0 Å². The fourth-order valence-electron chi connectivity index (χ4n) is 4.06. The minimum Gasteiger partial charge on any atom is -0.550 e. The molecule has 0 radical (unpaired) electrons. The van der Waals surface area contributed by atoms with E-state index in [1.165, 1.54) is 109 Å². The Hall–Kier alpha value is 2.17. The van der Waals surface area contributed by atoms with Crippen molar-refractivity contribution in [3.8, 4) is 0 Å². The van der Waals surface area contributed by atoms with Crippen LogP contribution >= 0.6 is 0 Å². The summed E-state index contributed by atoms with van der Waals surface area (Å²) >= 11 is 0. The number of carboxylic acids is 2. The number of hydrogen-bond acceptors (Lipinski definition) is 5. The largest absolute Gasteiger partial charge is 1.00 e. The molecule has 5 nitrogen and oxygen atoms in total. The summed E-state index contributed by atoms with van der Waals surface area (Å²) in [5, 5.41) is 24.0. The molecule has 0 amide bonds. The molecule has 0 aromatic heterocycles. The van der Waals surface area contributed by atoms with E-state index in [0.717, 1.165) is 19.3 Å². The van der Waals surface area contributed by atoms with Gasteiger partial charge in [-0.25, -0.2) is 0 Å². The zero-order chi connectivity index (χ0) is 23.0. The van der Waals surface area contributed by atoms with Crippen molar-refractivity contribution in [2.45, 2.75) is 148 Å². The Labute approximate surface area is 289 Å². The van der Waals surface area contributed by atoms with Gasteiger partial charge in [-0.3, -0.25) is 0 Å². The Morgan fingerprint density at radius 2 is 0.879 bits per heavy atom. The summed E-state index contributed by atoms with van der Waals surface area (Å²) in [6, 6.07) is -1.15. The first-order valence-electron chi connectivity index (χ1n) is 13.2. The quantitative estimate of drug-likeness (QED) is 0.120. The van der Waals surface area contributed by atoms with Crippen molar-refractivity contribution in [2.24, 2.45) is 0 Å². The third-order valence-electron chi connectivity index (χ3n) is 6.08. The summed E-state index contributed by atoms with van der Waals surface area (Å²) in [6.45, 7) is 2.78. The number of hydrogen-bond donors (Lipinski definition) is 1. The smallest absolute Gasteiger partial charge is 0.550 e. The maximum atomic E-state index is 10.8. The number of unbranched alkanes of at least 4 members (excludes halogenated alkanes) is 19. The molecule has 0 aromatic carbocycles. The first-order valence-corrected chi connectivity index (χ1v) is 13.2. The van der Waals surface area contributed by atoms with Crippen molar-refractivity contribution in [2.75, 3.05) is 6.54 Å². The molecule has 0 saturated heterocycles. The summed E-state index contributed by atoms with van der Waals surface area (Å²) < 4.78 is 0. The Bertz CT molecular complexity index is 425. The van der Waals surface area contributed by atoms with Crippen molar-refractivity contribution in [3.63, 3.8) is 0 Å². The molecule has 0 unspecified atom stereocenters. The van der Waals surface area contributed by atoms with Gasteiger partial charge in [-0.1, -0.05) is 129 Å². The van der Waals surface area contributed by atoms with Gasteiger partial charge in [0.05, 0.1) is 12.0 Å². The Morgan fingerprint density at radius 1 is 0.576 bits per heavy atom. The molecule has 0 fully saturated rings. The standard InChI is InChI=1S/C26H51NO4.2K/c1-2-3-4-5-6-7-8-9-10-11-12-13-14-15-16-17-18-19-20-21-22-27-24(26(30)31)23-25(28)29;;/h24,27H,2-23H2,1H3,(H,28,29)(H,30,31);;/q;2*+1/p-2/t24-;;/m0../s1. The number of carboxylic acid groups (broad SMARTS) is 2. The summed E-state index contributed by atoms with van der Waals surface area (Å²) in [7, 11) is 0. The Kier molecular flexibility index (Phi) is 38.7. The first kappa shape index (κ1) is 39.7. The van der Waals surface area contributed by atoms with Crippen molar-refractivity contribution >= 4 is 11.9 Å². The van der Waals surface area contributed by atoms with Gasteiger partial charge in [0.25, 0.3) is 0 Å². The normalized spacial score (nSPS) is 11.4. The van der Waals surface area contributed by atoms with E-state index < -0.39 is 24.4 Å². The second-order valence-electron chi connectivity index (χ2n) is 9.12. The van der Waals surface area contributed by atoms with E-state index in [1.54, 1.807) is 0 Å². The van der Waals surface area contributed by atoms with Crippen LogP contribution in [0.15, 0.2) is 0 Å². The van der Waals surface area contributed by atoms with Crippen LogP contribution in [0.5, 0.6) is 0 Å². The van der Waals surface area contributed by atoms with Crippen molar-refractivity contribution in [3.05, 3.63) is 0 Å². The van der Waals surface area contributed by atoms with E-state index >= 15 is 0 Å². The molecule has 7 heteroatoms. The van der Waals surface area contributed by atoms with E-state index in [1.807, 2.05) is 0 Å². The maximum Gasteiger partial charge on any atom is 1.00 e. The average molecular weight is 518 g/mol. The molecule has 0 saturated carbocycles. The zero-order valence-electron chi connectivity index (χ0n) is 22.3. The third kappa shape index (κ3) is 32.1. The molecular formula is C26H49K2NO4. The van der Waals surface area contributed by atoms with Crippen LogP contribution in [-0.2, 0) is 9.59 Å². The molecule has 33 heavy (non-hydrogen) atoms. The van der Waals surface area contributed by atoms with Gasteiger partial charge in [0.15, 0.2) is 0 Å². The molecule has 1 atom stereocenters. The first-order chi connectivity index (χ1) is 15.1. The zero-order valence-corrected chi connectivity index (χ0v) is 28.5. The molecule has 0 aliphatic rings. The molecular weight excluding hydrogens is 468 g/mol. The average Bonchev–Trinajstić information content (AvgIpc) is 2.73. The molecule has 0 rings (SSSR count). The third-order valence-corrected chi connectivity index (χ3v) is 6.08. The van der Waals surface area contributed by atoms with Gasteiger partial charge >= 0.3 is 103 Å². The molecule has 0 aliphatic carbocycles. The Balaban J connectivity index is -0.00000450. The van der Waals surface area contributed by atoms with Gasteiger partial charge < -0.3 is 25.1 Å². The minimum atomic E-state index is -1.38. The van der Waals surface area contributed by atoms with Gasteiger partial charge in [-0.2, -0.15) is 0 Å². The number of carbonyl (C=O) groups is 2. The number of carbonyl (C=O) groups excluding carboxylic acids is 2. The number of nitrogens with one attached hydrogen (secondary N) is 1. The van der Waals surface area contributed by atoms with Gasteiger partial charge in [0.2, 0.25) is 0 Å². The fourth-order valence-corrected chi connectivity index (χ4v) is 4.06. The van der Waals surface area contributed by atoms with Crippen molar-refractivity contribution in [1.82, 2.24) is 5.32 Å². The minimum absolute atomic E-state index is 0. The molecule has 1 N–H and O–H groups in total. The SMILES string of the molecule is CCCCCCCCCCCCCCCCCCCCCCN[C@@H](CC(=O)[O-])C(=O)[O-].[K+].[K+]. The summed E-state index contributed by atoms with van der Waals surface area (Å²) in [5.41, 5.74) is 0. The number of aliphatic carboxylic acids is 2. The van der Waals surface area contributed by atoms with E-state index in [2.05, 4.69) is 12.2 Å². The van der Waals surface area contributed by atoms with Crippen LogP contribution in [0.1, 0.15) is 142 Å². The van der Waals surface area contributed by atoms with Gasteiger partial charge in [-0.15, -0.1) is 0 Å². The second-order valence-corrected chi connectivity index (χ2v) is 9.12. The van der Waals surface area contributed by atoms with Crippen LogP contribution in [-0.4, -0.2) is 24.5 Å². The van der Waals surface area contributed by atoms with E-state index in [-0.39, 0.29) is 103 Å². The van der Waals surface area contributed by atoms with Crippen LogP contribution < -0.4 is 118 Å². The van der Waals surface area contributed by atoms with E-state index in [0.29, 0.717) is 6.54 Å². The van der Waals surface area contributed by atoms with E-state index in [4.69, 9.17) is 0 Å². The van der Waals surface area contributed by atoms with Crippen LogP contribution in [0.25, 0.3) is 0 Å². The van der Waals surface area contributed by atoms with E-state index in [9.17, 15) is 19.8 Å². The predicted molar refractivity (Wildman–Crippen MR) is 124 cm³/mol. The number of rotatable bonds is 25. The van der Waals surface area contributed by atoms with Crippen LogP contribution in [0.4, 0.5) is 0 Å². The topological polar surface area (TPSA) is 92.3 Å². The summed E-state index contributed by atoms with van der Waals surface area (Å²) in [5.74, 6) is -2.75. The van der Waals surface area contributed by atoms with Crippen LogP contribution in [0.2, 0.25) is 0 Å². The van der Waals surface area contributed by atoms with Gasteiger partial charge in [-0.05, 0) is 13.0 Å². The summed E-state index contributed by atoms with van der Waals surface area (Å²) in [6.07, 6.45) is 26.0. The summed E-state index contributed by atoms with van der Waals surface area (Å²) in [4.78, 5) is 21.3. The molecule has 0 aromatic rings. The molecule has 0 spiro atoms. The molecule has 0 bridgehead atoms. The molecule has 0 heterocycles.